The van der Waals surface area contributed by atoms with E-state index in [2.05, 4.69) is 51.1 Å². The van der Waals surface area contributed by atoms with Crippen LogP contribution < -0.4 is 0 Å². The molecule has 19 heavy (non-hydrogen) atoms. The van der Waals surface area contributed by atoms with Crippen LogP contribution in [0.1, 0.15) is 50.3 Å². The summed E-state index contributed by atoms with van der Waals surface area (Å²) in [6.45, 7) is 7.98. The van der Waals surface area contributed by atoms with E-state index in [1.807, 2.05) is 0 Å². The van der Waals surface area contributed by atoms with Crippen LogP contribution in [0.5, 0.6) is 0 Å². The van der Waals surface area contributed by atoms with E-state index in [9.17, 15) is 0 Å². The third kappa shape index (κ3) is 3.92. The fraction of sp³-hybridized carbons (Fsp3) is 0.389. The van der Waals surface area contributed by atoms with Crippen LogP contribution in [0.3, 0.4) is 0 Å². The Balaban J connectivity index is 0.000000550. The number of benzene rings is 1. The molecule has 102 valence electrons. The number of aryl methyl sites for hydroxylation is 2. The van der Waals surface area contributed by atoms with Crippen molar-refractivity contribution in [3.8, 4) is 0 Å². The van der Waals surface area contributed by atoms with Crippen LogP contribution in [0, 0.1) is 6.92 Å². The first kappa shape index (κ1) is 15.4. The van der Waals surface area contributed by atoms with Crippen LogP contribution in [-0.4, -0.2) is 6.29 Å². The Kier molecular flexibility index (Phi) is 6.27. The van der Waals surface area contributed by atoms with Gasteiger partial charge in [-0.2, -0.15) is 0 Å². The maximum Gasteiger partial charge on any atom is 0.116 e. The minimum atomic E-state index is 0.750. The normalized spacial score (nSPS) is 13.9. The minimum absolute atomic E-state index is 0.750. The van der Waals surface area contributed by atoms with Crippen LogP contribution in [0.4, 0.5) is 0 Å². The lowest BCUT2D eigenvalue weighted by atomic mass is 9.83. The lowest BCUT2D eigenvalue weighted by molar-refractivity contribution is -0.106. The molecule has 0 spiro atoms. The van der Waals surface area contributed by atoms with E-state index < -0.39 is 0 Å². The average Bonchev–Trinajstić information content (AvgIpc) is 2.40. The van der Waals surface area contributed by atoms with E-state index in [1.54, 1.807) is 5.57 Å². The minimum Gasteiger partial charge on any atom is -0.304 e. The standard InChI is InChI=1S/C16H20.C2H4O/c1-4-6-15-13(5-2)8-9-14-11-12(3)7-10-16(14)15;1-2-3/h4,6-7,10-11H,5,8-9H2,1-3H3;2H,1H3/b6-4-;. The molecule has 0 radical (unpaired) electrons. The van der Waals surface area contributed by atoms with E-state index in [-0.39, 0.29) is 0 Å². The Hall–Kier alpha value is -1.63. The van der Waals surface area contributed by atoms with E-state index in [1.165, 1.54) is 48.4 Å². The molecule has 1 aliphatic carbocycles. The molecule has 0 aromatic heterocycles. The fourth-order valence-corrected chi connectivity index (χ4v) is 2.54. The zero-order valence-electron chi connectivity index (χ0n) is 12.5. The lowest BCUT2D eigenvalue weighted by Gasteiger charge is -2.21. The number of aldehydes is 1. The van der Waals surface area contributed by atoms with Gasteiger partial charge in [0.1, 0.15) is 6.29 Å². The molecule has 0 heterocycles. The Morgan fingerprint density at radius 2 is 1.89 bits per heavy atom. The molecule has 0 saturated carbocycles. The van der Waals surface area contributed by atoms with Crippen LogP contribution in [0.15, 0.2) is 35.9 Å². The van der Waals surface area contributed by atoms with Crippen LogP contribution >= 0.6 is 0 Å². The molecule has 0 N–H and O–H groups in total. The highest BCUT2D eigenvalue weighted by molar-refractivity contribution is 5.80. The number of hydrogen-bond acceptors (Lipinski definition) is 1. The SMILES string of the molecule is C/C=C\C1=C(CC)CCc2cc(C)ccc21.CC=O. The van der Waals surface area contributed by atoms with E-state index >= 15 is 0 Å². The van der Waals surface area contributed by atoms with Gasteiger partial charge in [0, 0.05) is 0 Å². The van der Waals surface area contributed by atoms with E-state index in [4.69, 9.17) is 4.79 Å². The summed E-state index contributed by atoms with van der Waals surface area (Å²) in [5, 5.41) is 0. The smallest absolute Gasteiger partial charge is 0.116 e. The van der Waals surface area contributed by atoms with Crippen LogP contribution in [0.25, 0.3) is 5.57 Å². The largest absolute Gasteiger partial charge is 0.304 e. The molecule has 1 aliphatic rings. The molecule has 0 bridgehead atoms. The first-order valence-electron chi connectivity index (χ1n) is 7.02. The van der Waals surface area contributed by atoms with Crippen molar-refractivity contribution in [2.75, 3.05) is 0 Å². The summed E-state index contributed by atoms with van der Waals surface area (Å²) in [7, 11) is 0. The molecule has 2 rings (SSSR count). The van der Waals surface area contributed by atoms with Gasteiger partial charge in [-0.15, -0.1) is 0 Å². The summed E-state index contributed by atoms with van der Waals surface area (Å²) in [4.78, 5) is 8.81. The summed E-state index contributed by atoms with van der Waals surface area (Å²) in [6.07, 6.45) is 8.78. The van der Waals surface area contributed by atoms with Gasteiger partial charge >= 0.3 is 0 Å². The van der Waals surface area contributed by atoms with Gasteiger partial charge < -0.3 is 4.79 Å². The number of hydrogen-bond donors (Lipinski definition) is 0. The summed E-state index contributed by atoms with van der Waals surface area (Å²) in [5.74, 6) is 0. The molecule has 1 aromatic rings. The molecule has 1 aromatic carbocycles. The van der Waals surface area contributed by atoms with Crippen LogP contribution in [-0.2, 0) is 11.2 Å². The van der Waals surface area contributed by atoms with Crippen molar-refractivity contribution in [3.05, 3.63) is 52.6 Å². The maximum atomic E-state index is 8.81. The zero-order valence-corrected chi connectivity index (χ0v) is 12.5. The number of fused-ring (bicyclic) bond motifs is 1. The van der Waals surface area contributed by atoms with Gasteiger partial charge in [0.15, 0.2) is 0 Å². The molecule has 0 unspecified atom stereocenters. The number of rotatable bonds is 2. The molecule has 0 aliphatic heterocycles. The Bertz CT molecular complexity index is 492. The zero-order chi connectivity index (χ0) is 14.3. The summed E-state index contributed by atoms with van der Waals surface area (Å²) in [5.41, 5.74) is 7.41. The quantitative estimate of drug-likeness (QED) is 0.689. The van der Waals surface area contributed by atoms with Crippen molar-refractivity contribution in [3.63, 3.8) is 0 Å². The molecule has 0 amide bonds. The molecule has 0 fully saturated rings. The van der Waals surface area contributed by atoms with Crippen molar-refractivity contribution in [2.24, 2.45) is 0 Å². The first-order valence-corrected chi connectivity index (χ1v) is 7.02. The predicted molar refractivity (Wildman–Crippen MR) is 83.3 cm³/mol. The fourth-order valence-electron chi connectivity index (χ4n) is 2.54. The van der Waals surface area contributed by atoms with Crippen molar-refractivity contribution in [1.82, 2.24) is 0 Å². The van der Waals surface area contributed by atoms with Crippen molar-refractivity contribution < 1.29 is 4.79 Å². The van der Waals surface area contributed by atoms with Gasteiger partial charge in [0.25, 0.3) is 0 Å². The Labute approximate surface area is 117 Å². The number of carbonyl (C=O) groups excluding carboxylic acids is 1. The Morgan fingerprint density at radius 3 is 2.47 bits per heavy atom. The number of allylic oxidation sites excluding steroid dienone is 4. The third-order valence-corrected chi connectivity index (χ3v) is 3.39. The van der Waals surface area contributed by atoms with Gasteiger partial charge in [0.05, 0.1) is 0 Å². The van der Waals surface area contributed by atoms with Crippen molar-refractivity contribution in [1.29, 1.82) is 0 Å². The number of carbonyl (C=O) groups is 1. The average molecular weight is 256 g/mol. The van der Waals surface area contributed by atoms with Crippen LogP contribution in [0.2, 0.25) is 0 Å². The predicted octanol–water partition coefficient (Wildman–Crippen LogP) is 4.89. The van der Waals surface area contributed by atoms with Crippen molar-refractivity contribution >= 4 is 11.9 Å². The third-order valence-electron chi connectivity index (χ3n) is 3.39. The molecule has 1 heteroatoms. The lowest BCUT2D eigenvalue weighted by Crippen LogP contribution is -2.04. The van der Waals surface area contributed by atoms with E-state index in [0.717, 1.165) is 6.29 Å². The summed E-state index contributed by atoms with van der Waals surface area (Å²) >= 11 is 0. The molecule has 0 saturated heterocycles. The van der Waals surface area contributed by atoms with Crippen molar-refractivity contribution in [2.45, 2.75) is 47.0 Å². The highest BCUT2D eigenvalue weighted by Gasteiger charge is 2.15. The maximum absolute atomic E-state index is 8.81. The second-order valence-corrected chi connectivity index (χ2v) is 4.77. The molecular weight excluding hydrogens is 232 g/mol. The molecule has 1 nitrogen and oxygen atoms in total. The van der Waals surface area contributed by atoms with Gasteiger partial charge in [-0.3, -0.25) is 0 Å². The molecular formula is C18H24O. The summed E-state index contributed by atoms with van der Waals surface area (Å²) < 4.78 is 0. The molecule has 0 atom stereocenters. The highest BCUT2D eigenvalue weighted by atomic mass is 16.1. The topological polar surface area (TPSA) is 17.1 Å². The monoisotopic (exact) mass is 256 g/mol. The Morgan fingerprint density at radius 1 is 1.21 bits per heavy atom. The highest BCUT2D eigenvalue weighted by Crippen LogP contribution is 2.34. The van der Waals surface area contributed by atoms with Gasteiger partial charge in [-0.05, 0) is 56.7 Å². The second-order valence-electron chi connectivity index (χ2n) is 4.77. The van der Waals surface area contributed by atoms with Gasteiger partial charge in [-0.25, -0.2) is 0 Å². The van der Waals surface area contributed by atoms with E-state index in [0.29, 0.717) is 0 Å². The van der Waals surface area contributed by atoms with Gasteiger partial charge in [0.2, 0.25) is 0 Å². The summed E-state index contributed by atoms with van der Waals surface area (Å²) in [6, 6.07) is 6.85. The second kappa shape index (κ2) is 7.73. The first-order chi connectivity index (χ1) is 9.17. The van der Waals surface area contributed by atoms with Gasteiger partial charge in [-0.1, -0.05) is 48.4 Å².